The van der Waals surface area contributed by atoms with Crippen LogP contribution in [0.15, 0.2) is 24.3 Å². The van der Waals surface area contributed by atoms with Gasteiger partial charge in [0, 0.05) is 12.0 Å². The largest absolute Gasteiger partial charge is 0.497 e. The van der Waals surface area contributed by atoms with Crippen LogP contribution >= 0.6 is 0 Å². The van der Waals surface area contributed by atoms with Gasteiger partial charge in [0.05, 0.1) is 12.7 Å². The summed E-state index contributed by atoms with van der Waals surface area (Å²) in [4.78, 5) is 15.0. The van der Waals surface area contributed by atoms with E-state index in [0.717, 1.165) is 63.8 Å². The molecule has 1 aliphatic heterocycles. The van der Waals surface area contributed by atoms with Gasteiger partial charge in [0.25, 0.3) is 0 Å². The predicted molar refractivity (Wildman–Crippen MR) is 114 cm³/mol. The number of nitrogens with zero attached hydrogens (tertiary/aromatic N) is 1. The highest BCUT2D eigenvalue weighted by atomic mass is 16.5. The topological polar surface area (TPSA) is 61.8 Å². The fourth-order valence-corrected chi connectivity index (χ4v) is 3.88. The van der Waals surface area contributed by atoms with Crippen molar-refractivity contribution in [3.8, 4) is 5.75 Å². The first-order valence-corrected chi connectivity index (χ1v) is 10.6. The van der Waals surface area contributed by atoms with Gasteiger partial charge in [-0.15, -0.1) is 0 Å². The minimum Gasteiger partial charge on any atom is -0.497 e. The number of carbonyl (C=O) groups is 1. The van der Waals surface area contributed by atoms with E-state index in [4.69, 9.17) is 4.74 Å². The lowest BCUT2D eigenvalue weighted by Crippen LogP contribution is -2.41. The Hall–Kier alpha value is -1.59. The van der Waals surface area contributed by atoms with Gasteiger partial charge in [-0.2, -0.15) is 0 Å². The molecule has 1 amide bonds. The molecule has 1 aromatic carbocycles. The van der Waals surface area contributed by atoms with Crippen molar-refractivity contribution in [1.82, 2.24) is 10.2 Å². The van der Waals surface area contributed by atoms with Gasteiger partial charge in [-0.25, -0.2) is 0 Å². The summed E-state index contributed by atoms with van der Waals surface area (Å²) in [7, 11) is 3.79. The summed E-state index contributed by atoms with van der Waals surface area (Å²) in [6.07, 6.45) is 5.99. The van der Waals surface area contributed by atoms with Gasteiger partial charge < -0.3 is 20.1 Å². The number of aliphatic hydroxyl groups is 1. The van der Waals surface area contributed by atoms with Crippen molar-refractivity contribution in [2.75, 3.05) is 27.2 Å². The summed E-state index contributed by atoms with van der Waals surface area (Å²) in [6.45, 7) is 5.81. The molecule has 5 heteroatoms. The first kappa shape index (κ1) is 22.7. The van der Waals surface area contributed by atoms with E-state index in [9.17, 15) is 9.90 Å². The summed E-state index contributed by atoms with van der Waals surface area (Å²) in [5, 5.41) is 13.8. The Kier molecular flexibility index (Phi) is 8.77. The summed E-state index contributed by atoms with van der Waals surface area (Å²) < 4.78 is 5.24. The molecule has 2 rings (SSSR count). The van der Waals surface area contributed by atoms with Gasteiger partial charge in [0.1, 0.15) is 5.75 Å². The fourth-order valence-electron chi connectivity index (χ4n) is 3.88. The molecule has 0 bridgehead atoms. The highest BCUT2D eigenvalue weighted by Crippen LogP contribution is 2.22. The molecule has 2 unspecified atom stereocenters. The SMILES string of the molecule is COc1ccc(CC2CCN(C)CCC[C@@](C)(O)CCCC(C)C(=O)N2)cc1. The smallest absolute Gasteiger partial charge is 0.223 e. The Bertz CT molecular complexity index is 600. The number of hydrogen-bond donors (Lipinski definition) is 2. The van der Waals surface area contributed by atoms with Crippen LogP contribution in [0.3, 0.4) is 0 Å². The molecule has 1 heterocycles. The van der Waals surface area contributed by atoms with Crippen LogP contribution in [-0.2, 0) is 11.2 Å². The van der Waals surface area contributed by atoms with Crippen LogP contribution in [-0.4, -0.2) is 54.8 Å². The minimum atomic E-state index is -0.627. The molecule has 28 heavy (non-hydrogen) atoms. The van der Waals surface area contributed by atoms with Crippen LogP contribution in [0.25, 0.3) is 0 Å². The number of hydrogen-bond acceptors (Lipinski definition) is 4. The third-order valence-electron chi connectivity index (χ3n) is 5.90. The second-order valence-corrected chi connectivity index (χ2v) is 8.74. The number of carbonyl (C=O) groups excluding carboxylic acids is 1. The summed E-state index contributed by atoms with van der Waals surface area (Å²) >= 11 is 0. The second kappa shape index (κ2) is 10.8. The quantitative estimate of drug-likeness (QED) is 0.830. The molecule has 1 saturated heterocycles. The van der Waals surface area contributed by atoms with Crippen LogP contribution < -0.4 is 10.1 Å². The lowest BCUT2D eigenvalue weighted by molar-refractivity contribution is -0.125. The normalized spacial score (nSPS) is 29.0. The van der Waals surface area contributed by atoms with Crippen molar-refractivity contribution in [3.05, 3.63) is 29.8 Å². The van der Waals surface area contributed by atoms with Crippen LogP contribution in [0.4, 0.5) is 0 Å². The van der Waals surface area contributed by atoms with Gasteiger partial charge in [0.15, 0.2) is 0 Å². The molecule has 5 nitrogen and oxygen atoms in total. The standard InChI is InChI=1S/C23H38N2O3/c1-18-7-5-13-23(2,27)14-6-15-25(3)16-12-20(24-22(18)26)17-19-8-10-21(28-4)11-9-19/h8-11,18,20,27H,5-7,12-17H2,1-4H3,(H,24,26)/t18?,20?,23-/m0/s1. The summed E-state index contributed by atoms with van der Waals surface area (Å²) in [5.74, 6) is 0.940. The molecule has 0 spiro atoms. The van der Waals surface area contributed by atoms with Crippen molar-refractivity contribution in [2.45, 2.75) is 70.4 Å². The number of benzene rings is 1. The fraction of sp³-hybridized carbons (Fsp3) is 0.696. The van der Waals surface area contributed by atoms with E-state index in [1.54, 1.807) is 7.11 Å². The molecule has 1 fully saturated rings. The van der Waals surface area contributed by atoms with Gasteiger partial charge in [-0.3, -0.25) is 4.79 Å². The highest BCUT2D eigenvalue weighted by molar-refractivity contribution is 5.78. The maximum absolute atomic E-state index is 12.7. The zero-order chi connectivity index (χ0) is 20.6. The molecule has 0 saturated carbocycles. The average molecular weight is 391 g/mol. The van der Waals surface area contributed by atoms with Crippen LogP contribution in [0.2, 0.25) is 0 Å². The van der Waals surface area contributed by atoms with Crippen molar-refractivity contribution >= 4 is 5.91 Å². The first-order chi connectivity index (χ1) is 13.3. The van der Waals surface area contributed by atoms with Crippen LogP contribution in [0.5, 0.6) is 5.75 Å². The maximum atomic E-state index is 12.7. The lowest BCUT2D eigenvalue weighted by Gasteiger charge is -2.28. The number of methoxy groups -OCH3 is 1. The Morgan fingerprint density at radius 1 is 1.18 bits per heavy atom. The zero-order valence-corrected chi connectivity index (χ0v) is 18.0. The highest BCUT2D eigenvalue weighted by Gasteiger charge is 2.23. The van der Waals surface area contributed by atoms with Gasteiger partial charge >= 0.3 is 0 Å². The number of nitrogens with one attached hydrogen (secondary N) is 1. The minimum absolute atomic E-state index is 0.0326. The maximum Gasteiger partial charge on any atom is 0.223 e. The molecular weight excluding hydrogens is 352 g/mol. The summed E-state index contributed by atoms with van der Waals surface area (Å²) in [6, 6.07) is 8.22. The average Bonchev–Trinajstić information content (AvgIpc) is 2.65. The molecule has 0 aromatic heterocycles. The Morgan fingerprint density at radius 3 is 2.54 bits per heavy atom. The van der Waals surface area contributed by atoms with Gasteiger partial charge in [-0.1, -0.05) is 19.1 Å². The number of ether oxygens (including phenoxy) is 1. The van der Waals surface area contributed by atoms with E-state index in [1.807, 2.05) is 26.0 Å². The van der Waals surface area contributed by atoms with Gasteiger partial charge in [0.2, 0.25) is 5.91 Å². The van der Waals surface area contributed by atoms with Crippen LogP contribution in [0.1, 0.15) is 57.9 Å². The number of amides is 1. The molecule has 2 N–H and O–H groups in total. The monoisotopic (exact) mass is 390 g/mol. The van der Waals surface area contributed by atoms with E-state index in [-0.39, 0.29) is 17.9 Å². The Morgan fingerprint density at radius 2 is 1.86 bits per heavy atom. The Labute approximate surface area is 170 Å². The lowest BCUT2D eigenvalue weighted by atomic mass is 9.90. The van der Waals surface area contributed by atoms with E-state index in [2.05, 4.69) is 29.4 Å². The van der Waals surface area contributed by atoms with E-state index >= 15 is 0 Å². The van der Waals surface area contributed by atoms with Crippen molar-refractivity contribution < 1.29 is 14.6 Å². The number of rotatable bonds is 3. The molecular formula is C23H38N2O3. The molecule has 0 aliphatic carbocycles. The van der Waals surface area contributed by atoms with E-state index in [1.165, 1.54) is 5.56 Å². The molecule has 1 aromatic rings. The van der Waals surface area contributed by atoms with E-state index < -0.39 is 5.60 Å². The first-order valence-electron chi connectivity index (χ1n) is 10.6. The van der Waals surface area contributed by atoms with Gasteiger partial charge in [-0.05, 0) is 89.7 Å². The Balaban J connectivity index is 2.04. The van der Waals surface area contributed by atoms with Crippen molar-refractivity contribution in [3.63, 3.8) is 0 Å². The second-order valence-electron chi connectivity index (χ2n) is 8.74. The zero-order valence-electron chi connectivity index (χ0n) is 18.0. The molecule has 1 aliphatic rings. The van der Waals surface area contributed by atoms with Crippen molar-refractivity contribution in [2.24, 2.45) is 5.92 Å². The van der Waals surface area contributed by atoms with E-state index in [0.29, 0.717) is 0 Å². The molecule has 0 radical (unpaired) electrons. The molecule has 3 atom stereocenters. The van der Waals surface area contributed by atoms with Crippen LogP contribution in [0, 0.1) is 5.92 Å². The third-order valence-corrected chi connectivity index (χ3v) is 5.90. The van der Waals surface area contributed by atoms with Crippen molar-refractivity contribution in [1.29, 1.82) is 0 Å². The predicted octanol–water partition coefficient (Wildman–Crippen LogP) is 3.40. The molecule has 158 valence electrons. The third kappa shape index (κ3) is 7.80. The summed E-state index contributed by atoms with van der Waals surface area (Å²) in [5.41, 5.74) is 0.580.